The van der Waals surface area contributed by atoms with Crippen LogP contribution in [0.15, 0.2) is 12.4 Å². The molecule has 0 spiro atoms. The summed E-state index contributed by atoms with van der Waals surface area (Å²) in [5.41, 5.74) is 0. The fraction of sp³-hybridized carbons (Fsp3) is 0.714. The SMILES string of the molecule is CCCOc1cncc(N(C)CCNCC(C)C)n1. The number of rotatable bonds is 9. The van der Waals surface area contributed by atoms with Crippen LogP contribution in [-0.2, 0) is 0 Å². The Morgan fingerprint density at radius 3 is 2.84 bits per heavy atom. The van der Waals surface area contributed by atoms with Crippen LogP contribution in [-0.4, -0.2) is 43.3 Å². The lowest BCUT2D eigenvalue weighted by molar-refractivity contribution is 0.304. The maximum Gasteiger partial charge on any atom is 0.234 e. The van der Waals surface area contributed by atoms with Crippen LogP contribution >= 0.6 is 0 Å². The third kappa shape index (κ3) is 6.38. The lowest BCUT2D eigenvalue weighted by Crippen LogP contribution is -2.31. The van der Waals surface area contributed by atoms with E-state index in [1.807, 2.05) is 7.05 Å². The van der Waals surface area contributed by atoms with Gasteiger partial charge in [0.2, 0.25) is 5.88 Å². The maximum absolute atomic E-state index is 5.49. The second-order valence-corrected chi connectivity index (χ2v) is 5.08. The highest BCUT2D eigenvalue weighted by Gasteiger charge is 2.05. The molecule has 5 heteroatoms. The molecule has 0 aromatic carbocycles. The molecule has 1 N–H and O–H groups in total. The quantitative estimate of drug-likeness (QED) is 0.692. The van der Waals surface area contributed by atoms with Crippen LogP contribution < -0.4 is 15.0 Å². The number of nitrogens with zero attached hydrogens (tertiary/aromatic N) is 3. The fourth-order valence-electron chi connectivity index (χ4n) is 1.55. The third-order valence-corrected chi connectivity index (χ3v) is 2.62. The standard InChI is InChI=1S/C14H26N4O/c1-5-8-19-14-11-16-10-13(17-14)18(4)7-6-15-9-12(2)3/h10-12,15H,5-9H2,1-4H3. The molecule has 0 saturated heterocycles. The van der Waals surface area contributed by atoms with Gasteiger partial charge in [-0.2, -0.15) is 4.98 Å². The Balaban J connectivity index is 2.40. The molecule has 0 aliphatic rings. The van der Waals surface area contributed by atoms with E-state index in [9.17, 15) is 0 Å². The highest BCUT2D eigenvalue weighted by atomic mass is 16.5. The molecule has 0 fully saturated rings. The van der Waals surface area contributed by atoms with E-state index in [1.165, 1.54) is 0 Å². The summed E-state index contributed by atoms with van der Waals surface area (Å²) in [4.78, 5) is 10.7. The Hall–Kier alpha value is -1.36. The Kier molecular flexibility index (Phi) is 7.18. The molecule has 0 bridgehead atoms. The smallest absolute Gasteiger partial charge is 0.234 e. The van der Waals surface area contributed by atoms with Crippen molar-refractivity contribution in [3.63, 3.8) is 0 Å². The zero-order valence-corrected chi connectivity index (χ0v) is 12.5. The number of hydrogen-bond donors (Lipinski definition) is 1. The highest BCUT2D eigenvalue weighted by Crippen LogP contribution is 2.12. The first-order chi connectivity index (χ1) is 9.13. The van der Waals surface area contributed by atoms with Gasteiger partial charge >= 0.3 is 0 Å². The summed E-state index contributed by atoms with van der Waals surface area (Å²) in [5.74, 6) is 2.12. The van der Waals surface area contributed by atoms with Crippen molar-refractivity contribution in [2.24, 2.45) is 5.92 Å². The summed E-state index contributed by atoms with van der Waals surface area (Å²) in [6, 6.07) is 0. The molecule has 0 radical (unpaired) electrons. The summed E-state index contributed by atoms with van der Waals surface area (Å²) in [7, 11) is 2.02. The molecule has 0 aliphatic heterocycles. The summed E-state index contributed by atoms with van der Waals surface area (Å²) >= 11 is 0. The summed E-state index contributed by atoms with van der Waals surface area (Å²) in [6.07, 6.45) is 4.39. The second-order valence-electron chi connectivity index (χ2n) is 5.08. The number of likely N-dealkylation sites (N-methyl/N-ethyl adjacent to an activating group) is 1. The summed E-state index contributed by atoms with van der Waals surface area (Å²) < 4.78 is 5.49. The van der Waals surface area contributed by atoms with E-state index in [-0.39, 0.29) is 0 Å². The largest absolute Gasteiger partial charge is 0.477 e. The van der Waals surface area contributed by atoms with E-state index >= 15 is 0 Å². The van der Waals surface area contributed by atoms with E-state index < -0.39 is 0 Å². The summed E-state index contributed by atoms with van der Waals surface area (Å²) in [5, 5.41) is 3.41. The molecular weight excluding hydrogens is 240 g/mol. The first-order valence-electron chi connectivity index (χ1n) is 7.00. The number of hydrogen-bond acceptors (Lipinski definition) is 5. The van der Waals surface area contributed by atoms with Crippen molar-refractivity contribution in [1.29, 1.82) is 0 Å². The van der Waals surface area contributed by atoms with Gasteiger partial charge in [0, 0.05) is 20.1 Å². The van der Waals surface area contributed by atoms with Crippen molar-refractivity contribution in [1.82, 2.24) is 15.3 Å². The van der Waals surface area contributed by atoms with Crippen molar-refractivity contribution in [3.8, 4) is 5.88 Å². The van der Waals surface area contributed by atoms with Crippen molar-refractivity contribution in [2.45, 2.75) is 27.2 Å². The van der Waals surface area contributed by atoms with Crippen LogP contribution in [0, 0.1) is 5.92 Å². The van der Waals surface area contributed by atoms with Crippen molar-refractivity contribution >= 4 is 5.82 Å². The number of anilines is 1. The molecule has 1 aromatic rings. The van der Waals surface area contributed by atoms with Gasteiger partial charge in [-0.25, -0.2) is 0 Å². The molecular formula is C14H26N4O. The van der Waals surface area contributed by atoms with Gasteiger partial charge in [0.05, 0.1) is 19.0 Å². The Morgan fingerprint density at radius 2 is 2.16 bits per heavy atom. The predicted octanol–water partition coefficient (Wildman–Crippen LogP) is 1.95. The van der Waals surface area contributed by atoms with Crippen LogP contribution in [0.25, 0.3) is 0 Å². The molecule has 1 heterocycles. The van der Waals surface area contributed by atoms with Gasteiger partial charge in [0.1, 0.15) is 0 Å². The first-order valence-corrected chi connectivity index (χ1v) is 7.00. The van der Waals surface area contributed by atoms with E-state index in [2.05, 4.69) is 41.0 Å². The van der Waals surface area contributed by atoms with Crippen LogP contribution in [0.3, 0.4) is 0 Å². The van der Waals surface area contributed by atoms with E-state index in [0.29, 0.717) is 18.4 Å². The Labute approximate surface area is 116 Å². The van der Waals surface area contributed by atoms with Crippen molar-refractivity contribution in [2.75, 3.05) is 38.2 Å². The molecule has 0 saturated carbocycles. The van der Waals surface area contributed by atoms with Crippen LogP contribution in [0.2, 0.25) is 0 Å². The molecule has 1 aromatic heterocycles. The van der Waals surface area contributed by atoms with Crippen LogP contribution in [0.5, 0.6) is 5.88 Å². The van der Waals surface area contributed by atoms with E-state index in [4.69, 9.17) is 4.74 Å². The number of aromatic nitrogens is 2. The molecule has 0 atom stereocenters. The van der Waals surface area contributed by atoms with E-state index in [1.54, 1.807) is 12.4 Å². The minimum atomic E-state index is 0.598. The van der Waals surface area contributed by atoms with Gasteiger partial charge in [0.15, 0.2) is 5.82 Å². The number of ether oxygens (including phenoxy) is 1. The zero-order valence-electron chi connectivity index (χ0n) is 12.5. The van der Waals surface area contributed by atoms with Gasteiger partial charge in [0.25, 0.3) is 0 Å². The molecule has 0 aliphatic carbocycles. The fourth-order valence-corrected chi connectivity index (χ4v) is 1.55. The summed E-state index contributed by atoms with van der Waals surface area (Å²) in [6.45, 7) is 10.0. The monoisotopic (exact) mass is 266 g/mol. The molecule has 108 valence electrons. The molecule has 5 nitrogen and oxygen atoms in total. The van der Waals surface area contributed by atoms with Crippen molar-refractivity contribution < 1.29 is 4.74 Å². The molecule has 0 unspecified atom stereocenters. The average Bonchev–Trinajstić information content (AvgIpc) is 2.41. The molecule has 1 rings (SSSR count). The van der Waals surface area contributed by atoms with Crippen molar-refractivity contribution in [3.05, 3.63) is 12.4 Å². The van der Waals surface area contributed by atoms with Gasteiger partial charge < -0.3 is 15.0 Å². The minimum Gasteiger partial charge on any atom is -0.477 e. The van der Waals surface area contributed by atoms with Gasteiger partial charge in [-0.05, 0) is 18.9 Å². The van der Waals surface area contributed by atoms with Gasteiger partial charge in [-0.3, -0.25) is 4.98 Å². The van der Waals surface area contributed by atoms with Gasteiger partial charge in [-0.1, -0.05) is 20.8 Å². The Bertz CT molecular complexity index is 357. The normalized spacial score (nSPS) is 10.8. The first kappa shape index (κ1) is 15.7. The lowest BCUT2D eigenvalue weighted by atomic mass is 10.2. The molecule has 19 heavy (non-hydrogen) atoms. The number of nitrogens with one attached hydrogen (secondary N) is 1. The van der Waals surface area contributed by atoms with Crippen LogP contribution in [0.1, 0.15) is 27.2 Å². The Morgan fingerprint density at radius 1 is 1.37 bits per heavy atom. The maximum atomic E-state index is 5.49. The van der Waals surface area contributed by atoms with E-state index in [0.717, 1.165) is 31.9 Å². The zero-order chi connectivity index (χ0) is 14.1. The minimum absolute atomic E-state index is 0.598. The molecule has 0 amide bonds. The third-order valence-electron chi connectivity index (χ3n) is 2.62. The average molecular weight is 266 g/mol. The second kappa shape index (κ2) is 8.69. The highest BCUT2D eigenvalue weighted by molar-refractivity contribution is 5.36. The van der Waals surface area contributed by atoms with Crippen LogP contribution in [0.4, 0.5) is 5.82 Å². The lowest BCUT2D eigenvalue weighted by Gasteiger charge is -2.19. The topological polar surface area (TPSA) is 50.3 Å². The predicted molar refractivity (Wildman–Crippen MR) is 78.8 cm³/mol. The van der Waals surface area contributed by atoms with Gasteiger partial charge in [-0.15, -0.1) is 0 Å².